The van der Waals surface area contributed by atoms with Gasteiger partial charge in [0.05, 0.1) is 16.3 Å². The van der Waals surface area contributed by atoms with Crippen molar-refractivity contribution in [3.8, 4) is 0 Å². The van der Waals surface area contributed by atoms with Gasteiger partial charge in [0.2, 0.25) is 0 Å². The van der Waals surface area contributed by atoms with E-state index in [0.29, 0.717) is 11.4 Å². The molecule has 2 rings (SSSR count). The number of aromatic nitrogens is 1. The molecule has 1 aromatic carbocycles. The molecular weight excluding hydrogens is 312 g/mol. The number of carboxylic acids is 1. The van der Waals surface area contributed by atoms with Gasteiger partial charge < -0.3 is 10.0 Å². The largest absolute Gasteiger partial charge is 0.478 e. The summed E-state index contributed by atoms with van der Waals surface area (Å²) in [6, 6.07) is 6.56. The summed E-state index contributed by atoms with van der Waals surface area (Å²) in [5.41, 5.74) is 1.91. The van der Waals surface area contributed by atoms with E-state index in [1.165, 1.54) is 11.3 Å². The van der Waals surface area contributed by atoms with Crippen LogP contribution in [0.3, 0.4) is 0 Å². The second kappa shape index (κ2) is 7.37. The fraction of sp³-hybridized carbons (Fsp3) is 0.353. The van der Waals surface area contributed by atoms with E-state index in [4.69, 9.17) is 5.11 Å². The lowest BCUT2D eigenvalue weighted by Crippen LogP contribution is -2.26. The molecule has 0 fully saturated rings. The molecule has 0 spiro atoms. The first-order chi connectivity index (χ1) is 10.9. The van der Waals surface area contributed by atoms with Crippen LogP contribution in [0.1, 0.15) is 49.6 Å². The third-order valence-corrected chi connectivity index (χ3v) is 4.67. The van der Waals surface area contributed by atoms with Crippen molar-refractivity contribution in [2.45, 2.75) is 33.2 Å². The van der Waals surface area contributed by atoms with Crippen molar-refractivity contribution in [2.75, 3.05) is 7.05 Å². The number of hydrogen-bond acceptors (Lipinski definition) is 4. The predicted octanol–water partition coefficient (Wildman–Crippen LogP) is 3.37. The molecule has 122 valence electrons. The zero-order valence-corrected chi connectivity index (χ0v) is 14.3. The number of hydrogen-bond donors (Lipinski definition) is 1. The Morgan fingerprint density at radius 2 is 1.91 bits per heavy atom. The fourth-order valence-electron chi connectivity index (χ4n) is 2.24. The topological polar surface area (TPSA) is 70.5 Å². The Bertz CT molecular complexity index is 707. The summed E-state index contributed by atoms with van der Waals surface area (Å²) in [7, 11) is 1.74. The van der Waals surface area contributed by atoms with Gasteiger partial charge in [-0.3, -0.25) is 4.79 Å². The summed E-state index contributed by atoms with van der Waals surface area (Å²) < 4.78 is 0. The Labute approximate surface area is 139 Å². The van der Waals surface area contributed by atoms with Crippen LogP contribution in [0.15, 0.2) is 24.3 Å². The molecule has 0 unspecified atom stereocenters. The molecule has 0 aliphatic heterocycles. The molecule has 5 nitrogen and oxygen atoms in total. The van der Waals surface area contributed by atoms with Crippen molar-refractivity contribution in [1.29, 1.82) is 0 Å². The lowest BCUT2D eigenvalue weighted by molar-refractivity contribution is 0.0695. The molecule has 0 bridgehead atoms. The van der Waals surface area contributed by atoms with Gasteiger partial charge in [0.25, 0.3) is 5.91 Å². The fourth-order valence-corrected chi connectivity index (χ4v) is 3.40. The average molecular weight is 332 g/mol. The molecule has 0 aliphatic rings. The summed E-state index contributed by atoms with van der Waals surface area (Å²) in [5.74, 6) is -1.01. The molecule has 1 aromatic heterocycles. The van der Waals surface area contributed by atoms with E-state index >= 15 is 0 Å². The zero-order chi connectivity index (χ0) is 17.0. The van der Waals surface area contributed by atoms with Gasteiger partial charge in [0.1, 0.15) is 4.88 Å². The monoisotopic (exact) mass is 332 g/mol. The molecule has 0 saturated carbocycles. The highest BCUT2D eigenvalue weighted by molar-refractivity contribution is 7.13. The molecule has 0 aliphatic carbocycles. The van der Waals surface area contributed by atoms with Crippen LogP contribution < -0.4 is 0 Å². The summed E-state index contributed by atoms with van der Waals surface area (Å²) in [5, 5.41) is 9.89. The van der Waals surface area contributed by atoms with Gasteiger partial charge in [0, 0.05) is 13.6 Å². The summed E-state index contributed by atoms with van der Waals surface area (Å²) in [6.07, 6.45) is 1.89. The minimum atomic E-state index is -0.954. The number of rotatable bonds is 6. The number of amides is 1. The molecular formula is C17H20N2O3S. The molecule has 1 N–H and O–H groups in total. The highest BCUT2D eigenvalue weighted by atomic mass is 32.1. The smallest absolute Gasteiger partial charge is 0.335 e. The number of carbonyl (C=O) groups excluding carboxylic acids is 1. The summed E-state index contributed by atoms with van der Waals surface area (Å²) >= 11 is 1.46. The normalized spacial score (nSPS) is 10.6. The molecule has 0 saturated heterocycles. The number of benzene rings is 1. The Hall–Kier alpha value is -2.21. The lowest BCUT2D eigenvalue weighted by Gasteiger charge is -2.16. The first kappa shape index (κ1) is 17.1. The first-order valence-electron chi connectivity index (χ1n) is 7.46. The van der Waals surface area contributed by atoms with E-state index in [2.05, 4.69) is 11.9 Å². The van der Waals surface area contributed by atoms with E-state index < -0.39 is 5.97 Å². The van der Waals surface area contributed by atoms with Crippen LogP contribution in [0.5, 0.6) is 0 Å². The summed E-state index contributed by atoms with van der Waals surface area (Å²) in [4.78, 5) is 30.2. The van der Waals surface area contributed by atoms with E-state index in [1.54, 1.807) is 36.2 Å². The van der Waals surface area contributed by atoms with E-state index in [1.807, 2.05) is 6.92 Å². The van der Waals surface area contributed by atoms with Gasteiger partial charge in [-0.1, -0.05) is 19.1 Å². The standard InChI is InChI=1S/C17H20N2O3S/c1-4-5-14-18-11(2)15(23-14)16(20)19(3)10-12-6-8-13(9-7-12)17(21)22/h6-9H,4-5,10H2,1-3H3,(H,21,22). The third-order valence-electron chi connectivity index (χ3n) is 3.47. The molecule has 1 heterocycles. The Morgan fingerprint density at radius 1 is 1.26 bits per heavy atom. The van der Waals surface area contributed by atoms with Crippen molar-refractivity contribution < 1.29 is 14.7 Å². The molecule has 23 heavy (non-hydrogen) atoms. The zero-order valence-electron chi connectivity index (χ0n) is 13.5. The Balaban J connectivity index is 2.09. The first-order valence-corrected chi connectivity index (χ1v) is 8.28. The highest BCUT2D eigenvalue weighted by Crippen LogP contribution is 2.21. The van der Waals surface area contributed by atoms with Gasteiger partial charge in [0.15, 0.2) is 0 Å². The minimum Gasteiger partial charge on any atom is -0.478 e. The van der Waals surface area contributed by atoms with Crippen molar-refractivity contribution in [2.24, 2.45) is 0 Å². The molecule has 0 radical (unpaired) electrons. The van der Waals surface area contributed by atoms with Crippen molar-refractivity contribution >= 4 is 23.2 Å². The van der Waals surface area contributed by atoms with Gasteiger partial charge in [-0.2, -0.15) is 0 Å². The third kappa shape index (κ3) is 4.16. The van der Waals surface area contributed by atoms with Crippen molar-refractivity contribution in [3.63, 3.8) is 0 Å². The maximum atomic E-state index is 12.6. The number of thiazole rings is 1. The number of carboxylic acid groups (broad SMARTS) is 1. The number of aryl methyl sites for hydroxylation is 2. The quantitative estimate of drug-likeness (QED) is 0.880. The number of carbonyl (C=O) groups is 2. The molecule has 6 heteroatoms. The van der Waals surface area contributed by atoms with Gasteiger partial charge in [-0.15, -0.1) is 11.3 Å². The van der Waals surface area contributed by atoms with Crippen LogP contribution >= 0.6 is 11.3 Å². The van der Waals surface area contributed by atoms with E-state index in [0.717, 1.165) is 29.1 Å². The van der Waals surface area contributed by atoms with Crippen LogP contribution in [0.4, 0.5) is 0 Å². The van der Waals surface area contributed by atoms with Crippen LogP contribution in [0.25, 0.3) is 0 Å². The van der Waals surface area contributed by atoms with Crippen LogP contribution in [0.2, 0.25) is 0 Å². The Kier molecular flexibility index (Phi) is 5.50. The number of nitrogens with zero attached hydrogens (tertiary/aromatic N) is 2. The van der Waals surface area contributed by atoms with Gasteiger partial charge >= 0.3 is 5.97 Å². The van der Waals surface area contributed by atoms with E-state index in [-0.39, 0.29) is 11.5 Å². The predicted molar refractivity (Wildman–Crippen MR) is 90.0 cm³/mol. The maximum Gasteiger partial charge on any atom is 0.335 e. The van der Waals surface area contributed by atoms with Gasteiger partial charge in [-0.05, 0) is 37.5 Å². The SMILES string of the molecule is CCCc1nc(C)c(C(=O)N(C)Cc2ccc(C(=O)O)cc2)s1. The lowest BCUT2D eigenvalue weighted by atomic mass is 10.1. The van der Waals surface area contributed by atoms with E-state index in [9.17, 15) is 9.59 Å². The molecule has 0 atom stereocenters. The van der Waals surface area contributed by atoms with Crippen LogP contribution in [-0.4, -0.2) is 33.9 Å². The van der Waals surface area contributed by atoms with Crippen LogP contribution in [-0.2, 0) is 13.0 Å². The Morgan fingerprint density at radius 3 is 2.48 bits per heavy atom. The average Bonchev–Trinajstić information content (AvgIpc) is 2.88. The second-order valence-corrected chi connectivity index (χ2v) is 6.52. The second-order valence-electron chi connectivity index (χ2n) is 5.44. The van der Waals surface area contributed by atoms with Gasteiger partial charge in [-0.25, -0.2) is 9.78 Å². The molecule has 1 amide bonds. The highest BCUT2D eigenvalue weighted by Gasteiger charge is 2.19. The molecule has 2 aromatic rings. The van der Waals surface area contributed by atoms with Crippen molar-refractivity contribution in [1.82, 2.24) is 9.88 Å². The number of aromatic carboxylic acids is 1. The van der Waals surface area contributed by atoms with Crippen LogP contribution in [0, 0.1) is 6.92 Å². The summed E-state index contributed by atoms with van der Waals surface area (Å²) in [6.45, 7) is 4.38. The van der Waals surface area contributed by atoms with Crippen molar-refractivity contribution in [3.05, 3.63) is 51.0 Å². The minimum absolute atomic E-state index is 0.0512. The maximum absolute atomic E-state index is 12.6.